The lowest BCUT2D eigenvalue weighted by molar-refractivity contribution is -0.114. The zero-order valence-electron chi connectivity index (χ0n) is 6.87. The molecule has 0 bridgehead atoms. The molecule has 1 aromatic carbocycles. The molecule has 2 nitrogen and oxygen atoms in total. The molecule has 1 rings (SSSR count). The second kappa shape index (κ2) is 3.72. The number of para-hydroxylation sites is 1. The van der Waals surface area contributed by atoms with Gasteiger partial charge >= 0.3 is 0 Å². The molecular formula is C10H10NO. The van der Waals surface area contributed by atoms with Gasteiger partial charge in [-0.1, -0.05) is 30.9 Å². The molecule has 0 atom stereocenters. The van der Waals surface area contributed by atoms with Crippen molar-refractivity contribution in [3.05, 3.63) is 36.4 Å². The van der Waals surface area contributed by atoms with E-state index in [1.54, 1.807) is 6.07 Å². The van der Waals surface area contributed by atoms with Crippen molar-refractivity contribution in [2.45, 2.75) is 6.92 Å². The maximum atomic E-state index is 10.7. The Bertz CT molecular complexity index is 304. The number of benzene rings is 1. The van der Waals surface area contributed by atoms with E-state index in [0.717, 1.165) is 11.3 Å². The minimum absolute atomic E-state index is 0.0932. The molecule has 12 heavy (non-hydrogen) atoms. The number of nitrogens with one attached hydrogen (secondary N) is 1. The molecular weight excluding hydrogens is 150 g/mol. The van der Waals surface area contributed by atoms with Crippen molar-refractivity contribution >= 4 is 17.7 Å². The quantitative estimate of drug-likeness (QED) is 0.705. The monoisotopic (exact) mass is 160 g/mol. The molecule has 1 aromatic rings. The van der Waals surface area contributed by atoms with Gasteiger partial charge in [0.1, 0.15) is 0 Å². The van der Waals surface area contributed by atoms with Crippen molar-refractivity contribution in [2.75, 3.05) is 5.32 Å². The predicted molar refractivity (Wildman–Crippen MR) is 49.5 cm³/mol. The SMILES string of the molecule is [CH]=Cc1ccccc1NC(C)=O. The molecule has 0 aromatic heterocycles. The first kappa shape index (κ1) is 8.53. The number of hydrogen-bond donors (Lipinski definition) is 1. The first-order valence-electron chi connectivity index (χ1n) is 3.65. The van der Waals surface area contributed by atoms with Crippen LogP contribution in [0.25, 0.3) is 6.08 Å². The summed E-state index contributed by atoms with van der Waals surface area (Å²) < 4.78 is 0. The van der Waals surface area contributed by atoms with Gasteiger partial charge in [0.2, 0.25) is 5.91 Å². The van der Waals surface area contributed by atoms with Crippen molar-refractivity contribution in [1.82, 2.24) is 0 Å². The Labute approximate surface area is 71.9 Å². The fourth-order valence-electron chi connectivity index (χ4n) is 0.946. The van der Waals surface area contributed by atoms with Crippen molar-refractivity contribution in [3.8, 4) is 0 Å². The highest BCUT2D eigenvalue weighted by Crippen LogP contribution is 2.15. The van der Waals surface area contributed by atoms with Crippen LogP contribution in [0.4, 0.5) is 5.69 Å². The van der Waals surface area contributed by atoms with Crippen LogP contribution in [0.3, 0.4) is 0 Å². The second-order valence-electron chi connectivity index (χ2n) is 2.44. The minimum Gasteiger partial charge on any atom is -0.326 e. The summed E-state index contributed by atoms with van der Waals surface area (Å²) in [6.45, 7) is 6.82. The molecule has 0 spiro atoms. The summed E-state index contributed by atoms with van der Waals surface area (Å²) in [6, 6.07) is 7.35. The van der Waals surface area contributed by atoms with Crippen LogP contribution in [0.2, 0.25) is 0 Å². The van der Waals surface area contributed by atoms with Gasteiger partial charge in [0.25, 0.3) is 0 Å². The highest BCUT2D eigenvalue weighted by Gasteiger charge is 1.98. The van der Waals surface area contributed by atoms with Gasteiger partial charge in [0.15, 0.2) is 0 Å². The van der Waals surface area contributed by atoms with E-state index in [2.05, 4.69) is 5.32 Å². The number of carbonyl (C=O) groups is 1. The standard InChI is InChI=1S/C10H10NO/c1-3-9-6-4-5-7-10(9)11-8(2)12/h1,3-7H,2H3,(H,11,12). The van der Waals surface area contributed by atoms with E-state index in [4.69, 9.17) is 6.58 Å². The zero-order valence-corrected chi connectivity index (χ0v) is 6.87. The van der Waals surface area contributed by atoms with Gasteiger partial charge in [-0.25, -0.2) is 0 Å². The molecule has 0 unspecified atom stereocenters. The van der Waals surface area contributed by atoms with Crippen LogP contribution in [-0.2, 0) is 4.79 Å². The van der Waals surface area contributed by atoms with Gasteiger partial charge in [-0.05, 0) is 11.6 Å². The van der Waals surface area contributed by atoms with E-state index >= 15 is 0 Å². The van der Waals surface area contributed by atoms with Gasteiger partial charge < -0.3 is 5.32 Å². The summed E-state index contributed by atoms with van der Waals surface area (Å²) in [6.07, 6.45) is 1.46. The summed E-state index contributed by atoms with van der Waals surface area (Å²) in [4.78, 5) is 10.7. The van der Waals surface area contributed by atoms with E-state index in [9.17, 15) is 4.79 Å². The van der Waals surface area contributed by atoms with Gasteiger partial charge in [-0.3, -0.25) is 4.79 Å². The molecule has 1 radical (unpaired) electrons. The van der Waals surface area contributed by atoms with Crippen LogP contribution in [-0.4, -0.2) is 5.91 Å². The Morgan fingerprint density at radius 3 is 2.75 bits per heavy atom. The Morgan fingerprint density at radius 2 is 2.17 bits per heavy atom. The third-order valence-corrected chi connectivity index (χ3v) is 1.45. The van der Waals surface area contributed by atoms with Crippen LogP contribution in [0.5, 0.6) is 0 Å². The Morgan fingerprint density at radius 1 is 1.50 bits per heavy atom. The van der Waals surface area contributed by atoms with Crippen LogP contribution < -0.4 is 5.32 Å². The first-order chi connectivity index (χ1) is 5.74. The van der Waals surface area contributed by atoms with Crippen LogP contribution in [0.15, 0.2) is 24.3 Å². The first-order valence-corrected chi connectivity index (χ1v) is 3.65. The van der Waals surface area contributed by atoms with E-state index < -0.39 is 0 Å². The van der Waals surface area contributed by atoms with E-state index in [1.165, 1.54) is 13.0 Å². The lowest BCUT2D eigenvalue weighted by Gasteiger charge is -2.04. The topological polar surface area (TPSA) is 29.1 Å². The molecule has 0 aliphatic carbocycles. The molecule has 1 N–H and O–H groups in total. The molecule has 0 aliphatic rings. The number of hydrogen-bond acceptors (Lipinski definition) is 1. The molecule has 61 valence electrons. The summed E-state index contributed by atoms with van der Waals surface area (Å²) >= 11 is 0. The largest absolute Gasteiger partial charge is 0.326 e. The second-order valence-corrected chi connectivity index (χ2v) is 2.44. The fraction of sp³-hybridized carbons (Fsp3) is 0.100. The predicted octanol–water partition coefficient (Wildman–Crippen LogP) is 2.09. The fourth-order valence-corrected chi connectivity index (χ4v) is 0.946. The summed E-state index contributed by atoms with van der Waals surface area (Å²) in [7, 11) is 0. The average molecular weight is 160 g/mol. The Kier molecular flexibility index (Phi) is 2.64. The molecule has 0 heterocycles. The average Bonchev–Trinajstić information content (AvgIpc) is 2.04. The molecule has 1 amide bonds. The third-order valence-electron chi connectivity index (χ3n) is 1.45. The number of amides is 1. The van der Waals surface area contributed by atoms with E-state index in [0.29, 0.717) is 0 Å². The Hall–Kier alpha value is -1.57. The third kappa shape index (κ3) is 1.95. The van der Waals surface area contributed by atoms with Crippen molar-refractivity contribution in [1.29, 1.82) is 0 Å². The van der Waals surface area contributed by atoms with Crippen LogP contribution in [0.1, 0.15) is 12.5 Å². The summed E-state index contributed by atoms with van der Waals surface area (Å²) in [5.74, 6) is -0.0932. The number of rotatable bonds is 2. The van der Waals surface area contributed by atoms with E-state index in [-0.39, 0.29) is 5.91 Å². The van der Waals surface area contributed by atoms with Crippen LogP contribution >= 0.6 is 0 Å². The molecule has 0 fully saturated rings. The maximum Gasteiger partial charge on any atom is 0.221 e. The van der Waals surface area contributed by atoms with E-state index in [1.807, 2.05) is 18.2 Å². The van der Waals surface area contributed by atoms with Gasteiger partial charge in [-0.15, -0.1) is 0 Å². The lowest BCUT2D eigenvalue weighted by Crippen LogP contribution is -2.06. The highest BCUT2D eigenvalue weighted by atomic mass is 16.1. The highest BCUT2D eigenvalue weighted by molar-refractivity contribution is 5.90. The number of anilines is 1. The number of carbonyl (C=O) groups excluding carboxylic acids is 1. The summed E-state index contributed by atoms with van der Waals surface area (Å²) in [5.41, 5.74) is 1.57. The normalized spacial score (nSPS) is 9.08. The summed E-state index contributed by atoms with van der Waals surface area (Å²) in [5, 5.41) is 2.67. The Balaban J connectivity index is 2.96. The molecule has 0 aliphatic heterocycles. The van der Waals surface area contributed by atoms with Crippen molar-refractivity contribution < 1.29 is 4.79 Å². The lowest BCUT2D eigenvalue weighted by atomic mass is 10.2. The van der Waals surface area contributed by atoms with Crippen molar-refractivity contribution in [2.24, 2.45) is 0 Å². The molecule has 0 saturated carbocycles. The van der Waals surface area contributed by atoms with Crippen LogP contribution in [0, 0.1) is 6.58 Å². The molecule has 0 saturated heterocycles. The minimum atomic E-state index is -0.0932. The van der Waals surface area contributed by atoms with Gasteiger partial charge in [0, 0.05) is 12.6 Å². The van der Waals surface area contributed by atoms with Gasteiger partial charge in [0.05, 0.1) is 0 Å². The molecule has 2 heteroatoms. The zero-order chi connectivity index (χ0) is 8.97. The maximum absolute atomic E-state index is 10.7. The smallest absolute Gasteiger partial charge is 0.221 e. The van der Waals surface area contributed by atoms with Crippen molar-refractivity contribution in [3.63, 3.8) is 0 Å². The van der Waals surface area contributed by atoms with Gasteiger partial charge in [-0.2, -0.15) is 0 Å².